The first kappa shape index (κ1) is 13.8. The molecule has 1 heterocycles. The third-order valence-corrected chi connectivity index (χ3v) is 3.72. The van der Waals surface area contributed by atoms with Crippen molar-refractivity contribution in [3.8, 4) is 11.3 Å². The van der Waals surface area contributed by atoms with Crippen LogP contribution in [0.2, 0.25) is 0 Å². The maximum atomic E-state index is 11.1. The average molecular weight is 297 g/mol. The van der Waals surface area contributed by atoms with Gasteiger partial charge in [-0.15, -0.1) is 11.3 Å². The second-order valence-corrected chi connectivity index (χ2v) is 6.63. The lowest BCUT2D eigenvalue weighted by molar-refractivity contribution is 0.607. The van der Waals surface area contributed by atoms with Crippen molar-refractivity contribution in [1.82, 2.24) is 4.98 Å². The van der Waals surface area contributed by atoms with E-state index in [4.69, 9.17) is 0 Å². The number of rotatable bonds is 5. The van der Waals surface area contributed by atoms with Crippen LogP contribution in [0.1, 0.15) is 6.92 Å². The van der Waals surface area contributed by atoms with Crippen molar-refractivity contribution in [3.05, 3.63) is 29.6 Å². The number of hydrogen-bond donors (Lipinski definition) is 2. The van der Waals surface area contributed by atoms with E-state index < -0.39 is 10.0 Å². The van der Waals surface area contributed by atoms with E-state index in [1.807, 2.05) is 24.4 Å². The SMILES string of the molecule is CCNc1nc(-c2ccc(NS(C)(=O)=O)cc2)cs1. The average Bonchev–Trinajstić information content (AvgIpc) is 2.77. The highest BCUT2D eigenvalue weighted by Gasteiger charge is 2.05. The van der Waals surface area contributed by atoms with Crippen molar-refractivity contribution in [3.63, 3.8) is 0 Å². The summed E-state index contributed by atoms with van der Waals surface area (Å²) in [5, 5.41) is 6.01. The molecule has 1 aromatic carbocycles. The van der Waals surface area contributed by atoms with Crippen LogP contribution in [0.15, 0.2) is 29.6 Å². The zero-order chi connectivity index (χ0) is 13.9. The van der Waals surface area contributed by atoms with Gasteiger partial charge in [0.1, 0.15) is 0 Å². The monoisotopic (exact) mass is 297 g/mol. The second-order valence-electron chi connectivity index (χ2n) is 4.02. The highest BCUT2D eigenvalue weighted by Crippen LogP contribution is 2.25. The van der Waals surface area contributed by atoms with Gasteiger partial charge in [0.25, 0.3) is 0 Å². The first-order valence-corrected chi connectivity index (χ1v) is 8.52. The molecule has 0 fully saturated rings. The molecule has 0 aliphatic heterocycles. The lowest BCUT2D eigenvalue weighted by Crippen LogP contribution is -2.09. The van der Waals surface area contributed by atoms with E-state index in [1.165, 1.54) is 0 Å². The van der Waals surface area contributed by atoms with Crippen LogP contribution in [0.3, 0.4) is 0 Å². The second kappa shape index (κ2) is 5.58. The van der Waals surface area contributed by atoms with Gasteiger partial charge in [-0.1, -0.05) is 12.1 Å². The molecule has 0 saturated heterocycles. The highest BCUT2D eigenvalue weighted by atomic mass is 32.2. The Kier molecular flexibility index (Phi) is 4.06. The fraction of sp³-hybridized carbons (Fsp3) is 0.250. The Hall–Kier alpha value is -1.60. The summed E-state index contributed by atoms with van der Waals surface area (Å²) < 4.78 is 24.6. The van der Waals surface area contributed by atoms with Crippen molar-refractivity contribution < 1.29 is 8.42 Å². The number of nitrogens with one attached hydrogen (secondary N) is 2. The predicted octanol–water partition coefficient (Wildman–Crippen LogP) is 2.61. The summed E-state index contributed by atoms with van der Waals surface area (Å²) in [6.45, 7) is 2.86. The first-order valence-electron chi connectivity index (χ1n) is 5.75. The topological polar surface area (TPSA) is 71.1 Å². The lowest BCUT2D eigenvalue weighted by Gasteiger charge is -2.04. The molecule has 0 bridgehead atoms. The largest absolute Gasteiger partial charge is 0.362 e. The van der Waals surface area contributed by atoms with Crippen LogP contribution in [-0.2, 0) is 10.0 Å². The molecule has 2 N–H and O–H groups in total. The summed E-state index contributed by atoms with van der Waals surface area (Å²) in [6.07, 6.45) is 1.13. The van der Waals surface area contributed by atoms with E-state index in [0.717, 1.165) is 29.2 Å². The van der Waals surface area contributed by atoms with Crippen LogP contribution in [0.4, 0.5) is 10.8 Å². The molecule has 0 aliphatic carbocycles. The summed E-state index contributed by atoms with van der Waals surface area (Å²) in [4.78, 5) is 4.44. The van der Waals surface area contributed by atoms with Crippen LogP contribution in [0, 0.1) is 0 Å². The van der Waals surface area contributed by atoms with E-state index in [2.05, 4.69) is 15.0 Å². The first-order chi connectivity index (χ1) is 8.98. The predicted molar refractivity (Wildman–Crippen MR) is 80.2 cm³/mol. The van der Waals surface area contributed by atoms with E-state index in [1.54, 1.807) is 23.5 Å². The molecule has 0 radical (unpaired) electrons. The number of aromatic nitrogens is 1. The normalized spacial score (nSPS) is 11.3. The van der Waals surface area contributed by atoms with Crippen molar-refractivity contribution in [2.75, 3.05) is 22.8 Å². The van der Waals surface area contributed by atoms with Gasteiger partial charge in [-0.2, -0.15) is 0 Å². The Morgan fingerprint density at radius 3 is 2.53 bits per heavy atom. The van der Waals surface area contributed by atoms with Gasteiger partial charge in [0.15, 0.2) is 5.13 Å². The maximum Gasteiger partial charge on any atom is 0.229 e. The maximum absolute atomic E-state index is 11.1. The van der Waals surface area contributed by atoms with Crippen molar-refractivity contribution >= 4 is 32.2 Å². The molecule has 1 aromatic heterocycles. The third kappa shape index (κ3) is 3.93. The molecule has 0 saturated carbocycles. The van der Waals surface area contributed by atoms with Crippen LogP contribution < -0.4 is 10.0 Å². The molecular formula is C12H15N3O2S2. The Morgan fingerprint density at radius 1 is 1.26 bits per heavy atom. The summed E-state index contributed by atoms with van der Waals surface area (Å²) in [5.74, 6) is 0. The van der Waals surface area contributed by atoms with Gasteiger partial charge in [0, 0.05) is 23.2 Å². The third-order valence-electron chi connectivity index (χ3n) is 2.32. The van der Waals surface area contributed by atoms with Crippen LogP contribution >= 0.6 is 11.3 Å². The fourth-order valence-corrected chi connectivity index (χ4v) is 2.92. The number of benzene rings is 1. The molecule has 7 heteroatoms. The zero-order valence-corrected chi connectivity index (χ0v) is 12.3. The fourth-order valence-electron chi connectivity index (χ4n) is 1.56. The van der Waals surface area contributed by atoms with Gasteiger partial charge in [-0.05, 0) is 19.1 Å². The quantitative estimate of drug-likeness (QED) is 0.890. The van der Waals surface area contributed by atoms with Gasteiger partial charge in [-0.25, -0.2) is 13.4 Å². The smallest absolute Gasteiger partial charge is 0.229 e. The minimum absolute atomic E-state index is 0.549. The standard InChI is InChI=1S/C12H15N3O2S2/c1-3-13-12-14-11(8-18-12)9-4-6-10(7-5-9)15-19(2,16)17/h4-8,15H,3H2,1-2H3,(H,13,14). The highest BCUT2D eigenvalue weighted by molar-refractivity contribution is 7.92. The molecule has 2 aromatic rings. The minimum atomic E-state index is -3.23. The molecule has 102 valence electrons. The molecule has 5 nitrogen and oxygen atoms in total. The van der Waals surface area contributed by atoms with Crippen LogP contribution in [0.25, 0.3) is 11.3 Å². The molecule has 0 unspecified atom stereocenters. The minimum Gasteiger partial charge on any atom is -0.362 e. The summed E-state index contributed by atoms with van der Waals surface area (Å²) in [7, 11) is -3.23. The van der Waals surface area contributed by atoms with Crippen molar-refractivity contribution in [1.29, 1.82) is 0 Å². The Labute approximate surface area is 116 Å². The van der Waals surface area contributed by atoms with Crippen LogP contribution in [0.5, 0.6) is 0 Å². The number of nitrogens with zero attached hydrogens (tertiary/aromatic N) is 1. The van der Waals surface area contributed by atoms with E-state index in [-0.39, 0.29) is 0 Å². The van der Waals surface area contributed by atoms with Gasteiger partial charge < -0.3 is 5.32 Å². The summed E-state index contributed by atoms with van der Waals surface area (Å²) >= 11 is 1.55. The number of sulfonamides is 1. The Morgan fingerprint density at radius 2 is 1.95 bits per heavy atom. The Bertz CT molecular complexity index is 648. The molecule has 0 amide bonds. The summed E-state index contributed by atoms with van der Waals surface area (Å²) in [6, 6.07) is 7.14. The Balaban J connectivity index is 2.17. The number of thiazole rings is 1. The van der Waals surface area contributed by atoms with E-state index in [9.17, 15) is 8.42 Å². The zero-order valence-electron chi connectivity index (χ0n) is 10.7. The molecule has 0 aliphatic rings. The van der Waals surface area contributed by atoms with Gasteiger partial charge in [-0.3, -0.25) is 4.72 Å². The molecule has 2 rings (SSSR count). The van der Waals surface area contributed by atoms with E-state index in [0.29, 0.717) is 5.69 Å². The molecule has 19 heavy (non-hydrogen) atoms. The molecule has 0 atom stereocenters. The summed E-state index contributed by atoms with van der Waals surface area (Å²) in [5.41, 5.74) is 2.39. The van der Waals surface area contributed by atoms with Crippen LogP contribution in [-0.4, -0.2) is 26.2 Å². The number of anilines is 2. The van der Waals surface area contributed by atoms with Crippen molar-refractivity contribution in [2.45, 2.75) is 6.92 Å². The van der Waals surface area contributed by atoms with E-state index >= 15 is 0 Å². The van der Waals surface area contributed by atoms with Gasteiger partial charge in [0.2, 0.25) is 10.0 Å². The molecular weight excluding hydrogens is 282 g/mol. The van der Waals surface area contributed by atoms with Crippen molar-refractivity contribution in [2.24, 2.45) is 0 Å². The molecule has 0 spiro atoms. The number of hydrogen-bond acceptors (Lipinski definition) is 5. The van der Waals surface area contributed by atoms with Gasteiger partial charge >= 0.3 is 0 Å². The van der Waals surface area contributed by atoms with Gasteiger partial charge in [0.05, 0.1) is 11.9 Å². The lowest BCUT2D eigenvalue weighted by atomic mass is 10.1.